The van der Waals surface area contributed by atoms with E-state index in [1.54, 1.807) is 4.90 Å². The molecule has 0 saturated carbocycles. The van der Waals surface area contributed by atoms with Gasteiger partial charge in [0.05, 0.1) is 18.4 Å². The third kappa shape index (κ3) is 4.21. The molecule has 1 fully saturated rings. The van der Waals surface area contributed by atoms with E-state index in [9.17, 15) is 18.8 Å². The average molecular weight is 337 g/mol. The lowest BCUT2D eigenvalue weighted by Gasteiger charge is -2.18. The number of nitrogens with zero attached hydrogens (tertiary/aromatic N) is 1. The molecular formula is C16H20FN3O4. The summed E-state index contributed by atoms with van der Waals surface area (Å²) in [7, 11) is 1.20. The van der Waals surface area contributed by atoms with Crippen LogP contribution in [0.15, 0.2) is 18.2 Å². The van der Waals surface area contributed by atoms with Crippen molar-refractivity contribution in [2.45, 2.75) is 25.8 Å². The summed E-state index contributed by atoms with van der Waals surface area (Å²) in [6.45, 7) is 2.74. The van der Waals surface area contributed by atoms with Crippen molar-refractivity contribution < 1.29 is 23.5 Å². The molecule has 130 valence electrons. The summed E-state index contributed by atoms with van der Waals surface area (Å²) in [4.78, 5) is 37.5. The van der Waals surface area contributed by atoms with Crippen molar-refractivity contribution in [3.63, 3.8) is 0 Å². The van der Waals surface area contributed by atoms with E-state index in [0.29, 0.717) is 13.1 Å². The van der Waals surface area contributed by atoms with E-state index in [0.717, 1.165) is 25.0 Å². The largest absolute Gasteiger partial charge is 0.467 e. The minimum absolute atomic E-state index is 0.0571. The maximum absolute atomic E-state index is 13.5. The molecular weight excluding hydrogens is 317 g/mol. The predicted molar refractivity (Wildman–Crippen MR) is 85.2 cm³/mol. The lowest BCUT2D eigenvalue weighted by atomic mass is 10.1. The lowest BCUT2D eigenvalue weighted by Crippen LogP contribution is -2.40. The zero-order chi connectivity index (χ0) is 17.7. The third-order valence-corrected chi connectivity index (χ3v) is 3.76. The van der Waals surface area contributed by atoms with Gasteiger partial charge in [-0.15, -0.1) is 0 Å². The molecule has 2 rings (SSSR count). The molecule has 1 atom stereocenters. The highest BCUT2D eigenvalue weighted by atomic mass is 19.1. The molecule has 0 unspecified atom stereocenters. The summed E-state index contributed by atoms with van der Waals surface area (Å²) in [6, 6.07) is 2.25. The van der Waals surface area contributed by atoms with E-state index in [-0.39, 0.29) is 17.3 Å². The van der Waals surface area contributed by atoms with Crippen LogP contribution < -0.4 is 10.6 Å². The van der Waals surface area contributed by atoms with Crippen molar-refractivity contribution in [1.29, 1.82) is 0 Å². The highest BCUT2D eigenvalue weighted by Crippen LogP contribution is 2.19. The van der Waals surface area contributed by atoms with E-state index >= 15 is 0 Å². The second-order valence-corrected chi connectivity index (χ2v) is 5.53. The Balaban J connectivity index is 2.16. The van der Waals surface area contributed by atoms with E-state index < -0.39 is 23.7 Å². The Bertz CT molecular complexity index is 644. The quantitative estimate of drug-likeness (QED) is 0.819. The molecule has 1 aromatic carbocycles. The number of ether oxygens (including phenoxy) is 1. The van der Waals surface area contributed by atoms with Gasteiger partial charge in [-0.05, 0) is 38.0 Å². The number of likely N-dealkylation sites (tertiary alicyclic amines) is 1. The summed E-state index contributed by atoms with van der Waals surface area (Å²) in [5.74, 6) is -1.92. The monoisotopic (exact) mass is 337 g/mol. The molecule has 2 N–H and O–H groups in total. The number of urea groups is 1. The van der Waals surface area contributed by atoms with Crippen LogP contribution in [0.5, 0.6) is 0 Å². The van der Waals surface area contributed by atoms with Crippen LogP contribution in [0.25, 0.3) is 0 Å². The summed E-state index contributed by atoms with van der Waals surface area (Å²) < 4.78 is 18.0. The Morgan fingerprint density at radius 2 is 1.92 bits per heavy atom. The van der Waals surface area contributed by atoms with Crippen molar-refractivity contribution in [3.05, 3.63) is 29.6 Å². The molecule has 1 saturated heterocycles. The summed E-state index contributed by atoms with van der Waals surface area (Å²) in [5.41, 5.74) is 0.126. The maximum Gasteiger partial charge on any atom is 0.328 e. The van der Waals surface area contributed by atoms with Gasteiger partial charge in [0.1, 0.15) is 11.9 Å². The van der Waals surface area contributed by atoms with Crippen LogP contribution in [0, 0.1) is 5.82 Å². The normalized spacial score (nSPS) is 14.9. The van der Waals surface area contributed by atoms with Crippen molar-refractivity contribution in [2.24, 2.45) is 0 Å². The van der Waals surface area contributed by atoms with E-state index in [1.807, 2.05) is 0 Å². The fourth-order valence-corrected chi connectivity index (χ4v) is 2.44. The van der Waals surface area contributed by atoms with Gasteiger partial charge in [0.2, 0.25) is 0 Å². The molecule has 1 heterocycles. The van der Waals surface area contributed by atoms with Crippen molar-refractivity contribution >= 4 is 23.6 Å². The zero-order valence-electron chi connectivity index (χ0n) is 13.6. The standard InChI is InChI=1S/C16H20FN3O4/c1-10(15(22)24-2)18-14(21)12-9-11(17)5-6-13(12)19-16(23)20-7-3-4-8-20/h5-6,9-10H,3-4,7-8H2,1-2H3,(H,18,21)(H,19,23)/t10-/m0/s1. The highest BCUT2D eigenvalue weighted by Gasteiger charge is 2.22. The topological polar surface area (TPSA) is 87.7 Å². The van der Waals surface area contributed by atoms with Crippen molar-refractivity contribution in [1.82, 2.24) is 10.2 Å². The minimum Gasteiger partial charge on any atom is -0.467 e. The Labute approximate surface area is 139 Å². The first-order valence-corrected chi connectivity index (χ1v) is 7.66. The number of anilines is 1. The molecule has 7 nitrogen and oxygen atoms in total. The number of hydrogen-bond acceptors (Lipinski definition) is 4. The number of rotatable bonds is 4. The van der Waals surface area contributed by atoms with Gasteiger partial charge >= 0.3 is 12.0 Å². The summed E-state index contributed by atoms with van der Waals surface area (Å²) in [5, 5.41) is 5.03. The molecule has 0 spiro atoms. The number of carbonyl (C=O) groups is 3. The molecule has 1 aliphatic rings. The maximum atomic E-state index is 13.5. The lowest BCUT2D eigenvalue weighted by molar-refractivity contribution is -0.142. The molecule has 0 radical (unpaired) electrons. The number of hydrogen-bond donors (Lipinski definition) is 2. The van der Waals surface area contributed by atoms with Gasteiger partial charge in [0, 0.05) is 13.1 Å². The Morgan fingerprint density at radius 3 is 2.54 bits per heavy atom. The molecule has 0 aromatic heterocycles. The van der Waals surface area contributed by atoms with E-state index in [1.165, 1.54) is 20.1 Å². The number of halogens is 1. The van der Waals surface area contributed by atoms with Gasteiger partial charge in [-0.3, -0.25) is 4.79 Å². The van der Waals surface area contributed by atoms with Crippen molar-refractivity contribution in [2.75, 3.05) is 25.5 Å². The van der Waals surface area contributed by atoms with Crippen LogP contribution in [-0.2, 0) is 9.53 Å². The van der Waals surface area contributed by atoms with Crippen LogP contribution in [0.2, 0.25) is 0 Å². The number of carbonyl (C=O) groups excluding carboxylic acids is 3. The van der Waals surface area contributed by atoms with Crippen LogP contribution in [0.4, 0.5) is 14.9 Å². The molecule has 1 aromatic rings. The first-order chi connectivity index (χ1) is 11.4. The van der Waals surface area contributed by atoms with Gasteiger partial charge in [-0.1, -0.05) is 0 Å². The minimum atomic E-state index is -0.895. The van der Waals surface area contributed by atoms with Gasteiger partial charge < -0.3 is 20.3 Å². The summed E-state index contributed by atoms with van der Waals surface area (Å²) in [6.07, 6.45) is 1.86. The number of amides is 3. The molecule has 0 aliphatic carbocycles. The Hall–Kier alpha value is -2.64. The second-order valence-electron chi connectivity index (χ2n) is 5.53. The Morgan fingerprint density at radius 1 is 1.25 bits per heavy atom. The highest BCUT2D eigenvalue weighted by molar-refractivity contribution is 6.04. The molecule has 24 heavy (non-hydrogen) atoms. The Kier molecular flexibility index (Phi) is 5.73. The fourth-order valence-electron chi connectivity index (χ4n) is 2.44. The predicted octanol–water partition coefficient (Wildman–Crippen LogP) is 1.74. The summed E-state index contributed by atoms with van der Waals surface area (Å²) >= 11 is 0. The fraction of sp³-hybridized carbons (Fsp3) is 0.438. The van der Waals surface area contributed by atoms with Crippen molar-refractivity contribution in [3.8, 4) is 0 Å². The SMILES string of the molecule is COC(=O)[C@H](C)NC(=O)c1cc(F)ccc1NC(=O)N1CCCC1. The molecule has 1 aliphatic heterocycles. The zero-order valence-corrected chi connectivity index (χ0v) is 13.6. The van der Waals surface area contributed by atoms with Gasteiger partial charge in [0.25, 0.3) is 5.91 Å². The van der Waals surface area contributed by atoms with Gasteiger partial charge in [-0.25, -0.2) is 14.0 Å². The number of esters is 1. The number of methoxy groups -OCH3 is 1. The second kappa shape index (κ2) is 7.76. The van der Waals surface area contributed by atoms with Crippen LogP contribution in [0.3, 0.4) is 0 Å². The van der Waals surface area contributed by atoms with Crippen LogP contribution in [0.1, 0.15) is 30.1 Å². The first kappa shape index (κ1) is 17.7. The van der Waals surface area contributed by atoms with E-state index in [2.05, 4.69) is 15.4 Å². The van der Waals surface area contributed by atoms with Crippen LogP contribution >= 0.6 is 0 Å². The average Bonchev–Trinajstić information content (AvgIpc) is 3.10. The smallest absolute Gasteiger partial charge is 0.328 e. The van der Waals surface area contributed by atoms with E-state index in [4.69, 9.17) is 0 Å². The molecule has 0 bridgehead atoms. The third-order valence-electron chi connectivity index (χ3n) is 3.76. The molecule has 8 heteroatoms. The molecule has 3 amide bonds. The van der Waals surface area contributed by atoms with Gasteiger partial charge in [-0.2, -0.15) is 0 Å². The number of nitrogens with one attached hydrogen (secondary N) is 2. The first-order valence-electron chi connectivity index (χ1n) is 7.66. The van der Waals surface area contributed by atoms with Crippen LogP contribution in [-0.4, -0.2) is 49.0 Å². The number of benzene rings is 1. The van der Waals surface area contributed by atoms with Gasteiger partial charge in [0.15, 0.2) is 0 Å².